The number of hydrogen-bond donors (Lipinski definition) is 2. The Bertz CT molecular complexity index is 511. The van der Waals surface area contributed by atoms with Crippen LogP contribution in [0.4, 0.5) is 4.79 Å². The summed E-state index contributed by atoms with van der Waals surface area (Å²) < 4.78 is 5.54. The Morgan fingerprint density at radius 3 is 2.29 bits per heavy atom. The number of carbonyl (C=O) groups is 1. The van der Waals surface area contributed by atoms with Crippen LogP contribution >= 0.6 is 0 Å². The molecule has 1 amide bonds. The average molecular weight is 336 g/mol. The van der Waals surface area contributed by atoms with Crippen LogP contribution in [0, 0.1) is 5.92 Å². The Hall–Kier alpha value is -1.59. The van der Waals surface area contributed by atoms with Crippen molar-refractivity contribution in [2.45, 2.75) is 58.8 Å². The maximum Gasteiger partial charge on any atom is 0.412 e. The lowest BCUT2D eigenvalue weighted by Crippen LogP contribution is -2.52. The van der Waals surface area contributed by atoms with Crippen molar-refractivity contribution in [1.82, 2.24) is 4.90 Å². The molecular formula is C19H32N2O3. The Kier molecular flexibility index (Phi) is 7.24. The number of rotatable bonds is 7. The fourth-order valence-electron chi connectivity index (χ4n) is 2.55. The molecule has 0 saturated carbocycles. The van der Waals surface area contributed by atoms with E-state index >= 15 is 0 Å². The number of nitrogens with two attached hydrogens (primary N) is 1. The van der Waals surface area contributed by atoms with Gasteiger partial charge in [-0.3, -0.25) is 4.90 Å². The third kappa shape index (κ3) is 5.80. The van der Waals surface area contributed by atoms with E-state index in [-0.39, 0.29) is 5.92 Å². The zero-order chi connectivity index (χ0) is 18.4. The van der Waals surface area contributed by atoms with Gasteiger partial charge >= 0.3 is 6.09 Å². The van der Waals surface area contributed by atoms with Crippen molar-refractivity contribution >= 4 is 6.09 Å². The van der Waals surface area contributed by atoms with Crippen molar-refractivity contribution in [3.8, 4) is 0 Å². The summed E-state index contributed by atoms with van der Waals surface area (Å²) in [6.07, 6.45) is 0.446. The Labute approximate surface area is 145 Å². The molecule has 0 aliphatic carbocycles. The van der Waals surface area contributed by atoms with Gasteiger partial charge in [0.25, 0.3) is 0 Å². The summed E-state index contributed by atoms with van der Waals surface area (Å²) in [6, 6.07) is 9.24. The number of benzene rings is 1. The van der Waals surface area contributed by atoms with Crippen molar-refractivity contribution in [1.29, 1.82) is 0 Å². The minimum absolute atomic E-state index is 0.186. The lowest BCUT2D eigenvalue weighted by atomic mass is 9.95. The molecule has 0 fully saturated rings. The zero-order valence-corrected chi connectivity index (χ0v) is 15.6. The summed E-state index contributed by atoms with van der Waals surface area (Å²) in [4.78, 5) is 14.2. The molecule has 1 atom stereocenters. The summed E-state index contributed by atoms with van der Waals surface area (Å²) in [7, 11) is 0. The maximum atomic E-state index is 12.8. The van der Waals surface area contributed by atoms with E-state index in [4.69, 9.17) is 10.5 Å². The molecule has 0 aromatic heterocycles. The normalized spacial score (nSPS) is 14.3. The van der Waals surface area contributed by atoms with Gasteiger partial charge in [0.05, 0.1) is 0 Å². The van der Waals surface area contributed by atoms with Crippen LogP contribution in [-0.2, 0) is 10.5 Å². The highest BCUT2D eigenvalue weighted by Crippen LogP contribution is 2.32. The van der Waals surface area contributed by atoms with Gasteiger partial charge < -0.3 is 15.6 Å². The Morgan fingerprint density at radius 1 is 1.25 bits per heavy atom. The molecule has 1 rings (SSSR count). The van der Waals surface area contributed by atoms with Crippen LogP contribution < -0.4 is 5.73 Å². The smallest absolute Gasteiger partial charge is 0.412 e. The Balaban J connectivity index is 3.26. The molecule has 5 heteroatoms. The second-order valence-corrected chi connectivity index (χ2v) is 7.56. The van der Waals surface area contributed by atoms with Crippen LogP contribution in [-0.4, -0.2) is 34.8 Å². The van der Waals surface area contributed by atoms with Crippen LogP contribution in [0.15, 0.2) is 30.3 Å². The van der Waals surface area contributed by atoms with Crippen LogP contribution in [0.1, 0.15) is 53.0 Å². The van der Waals surface area contributed by atoms with Crippen molar-refractivity contribution in [3.05, 3.63) is 35.9 Å². The number of ether oxygens (including phenoxy) is 1. The molecule has 0 bridgehead atoms. The molecule has 136 valence electrons. The van der Waals surface area contributed by atoms with Crippen molar-refractivity contribution in [3.63, 3.8) is 0 Å². The fraction of sp³-hybridized carbons (Fsp3) is 0.632. The van der Waals surface area contributed by atoms with Gasteiger partial charge in [-0.05, 0) is 39.7 Å². The molecule has 0 aliphatic heterocycles. The molecule has 5 nitrogen and oxygen atoms in total. The quantitative estimate of drug-likeness (QED) is 0.748. The van der Waals surface area contributed by atoms with Gasteiger partial charge in [0.1, 0.15) is 5.60 Å². The third-order valence-electron chi connectivity index (χ3n) is 3.57. The van der Waals surface area contributed by atoms with E-state index in [1.165, 1.54) is 4.90 Å². The molecule has 1 aromatic rings. The van der Waals surface area contributed by atoms with Crippen molar-refractivity contribution in [2.24, 2.45) is 11.7 Å². The fourth-order valence-corrected chi connectivity index (χ4v) is 2.55. The highest BCUT2D eigenvalue weighted by Gasteiger charge is 2.41. The van der Waals surface area contributed by atoms with E-state index in [1.54, 1.807) is 0 Å². The topological polar surface area (TPSA) is 75.8 Å². The van der Waals surface area contributed by atoms with Crippen LogP contribution in [0.25, 0.3) is 0 Å². The van der Waals surface area contributed by atoms with Gasteiger partial charge in [0, 0.05) is 18.5 Å². The molecular weight excluding hydrogens is 304 g/mol. The molecule has 0 spiro atoms. The highest BCUT2D eigenvalue weighted by molar-refractivity contribution is 5.69. The number of aliphatic hydroxyl groups is 1. The zero-order valence-electron chi connectivity index (χ0n) is 15.6. The van der Waals surface area contributed by atoms with Gasteiger partial charge in [-0.2, -0.15) is 0 Å². The van der Waals surface area contributed by atoms with E-state index in [1.807, 2.05) is 65.0 Å². The minimum Gasteiger partial charge on any atom is -0.444 e. The molecule has 0 aliphatic rings. The van der Waals surface area contributed by atoms with Crippen LogP contribution in [0.5, 0.6) is 0 Å². The highest BCUT2D eigenvalue weighted by atomic mass is 16.6. The van der Waals surface area contributed by atoms with E-state index in [0.717, 1.165) is 0 Å². The first-order valence-electron chi connectivity index (χ1n) is 8.58. The standard InChI is InChI=1S/C19H32N2O3/c1-15(2)14-21(17(22)24-18(3,4)5)19(23,12-9-13-20)16-10-7-6-8-11-16/h6-8,10-11,15,23H,9,12-14,20H2,1-5H3. The first-order valence-corrected chi connectivity index (χ1v) is 8.58. The summed E-state index contributed by atoms with van der Waals surface area (Å²) in [5, 5.41) is 11.5. The van der Waals surface area contributed by atoms with Gasteiger partial charge in [-0.25, -0.2) is 4.79 Å². The predicted octanol–water partition coefficient (Wildman–Crippen LogP) is 3.46. The summed E-state index contributed by atoms with van der Waals surface area (Å²) in [5.41, 5.74) is 4.25. The molecule has 24 heavy (non-hydrogen) atoms. The molecule has 0 heterocycles. The third-order valence-corrected chi connectivity index (χ3v) is 3.57. The average Bonchev–Trinajstić information content (AvgIpc) is 2.49. The first kappa shape index (κ1) is 20.5. The van der Waals surface area contributed by atoms with Gasteiger partial charge in [-0.1, -0.05) is 44.2 Å². The number of carbonyl (C=O) groups excluding carboxylic acids is 1. The summed E-state index contributed by atoms with van der Waals surface area (Å²) >= 11 is 0. The molecule has 1 unspecified atom stereocenters. The van der Waals surface area contributed by atoms with Gasteiger partial charge in [0.15, 0.2) is 5.72 Å². The number of nitrogens with zero attached hydrogens (tertiary/aromatic N) is 1. The summed E-state index contributed by atoms with van der Waals surface area (Å²) in [5.74, 6) is 0.186. The van der Waals surface area contributed by atoms with Crippen LogP contribution in [0.3, 0.4) is 0 Å². The lowest BCUT2D eigenvalue weighted by Gasteiger charge is -2.41. The molecule has 0 radical (unpaired) electrons. The van der Waals surface area contributed by atoms with E-state index in [9.17, 15) is 9.90 Å². The second-order valence-electron chi connectivity index (χ2n) is 7.56. The molecule has 3 N–H and O–H groups in total. The van der Waals surface area contributed by atoms with Gasteiger partial charge in [-0.15, -0.1) is 0 Å². The SMILES string of the molecule is CC(C)CN(C(=O)OC(C)(C)C)C(O)(CCCN)c1ccccc1. The second kappa shape index (κ2) is 8.49. The molecule has 1 aromatic carbocycles. The largest absolute Gasteiger partial charge is 0.444 e. The predicted molar refractivity (Wildman–Crippen MR) is 96.4 cm³/mol. The summed E-state index contributed by atoms with van der Waals surface area (Å²) in [6.45, 7) is 10.3. The van der Waals surface area contributed by atoms with Crippen molar-refractivity contribution in [2.75, 3.05) is 13.1 Å². The monoisotopic (exact) mass is 336 g/mol. The minimum atomic E-state index is -1.44. The van der Waals surface area contributed by atoms with Crippen molar-refractivity contribution < 1.29 is 14.6 Å². The number of hydrogen-bond acceptors (Lipinski definition) is 4. The Morgan fingerprint density at radius 2 is 1.83 bits per heavy atom. The van der Waals surface area contributed by atoms with E-state index in [2.05, 4.69) is 0 Å². The van der Waals surface area contributed by atoms with E-state index in [0.29, 0.717) is 31.5 Å². The number of amides is 1. The lowest BCUT2D eigenvalue weighted by molar-refractivity contribution is -0.123. The first-order chi connectivity index (χ1) is 11.1. The maximum absolute atomic E-state index is 12.8. The van der Waals surface area contributed by atoms with Crippen LogP contribution in [0.2, 0.25) is 0 Å². The molecule has 0 saturated heterocycles. The van der Waals surface area contributed by atoms with E-state index < -0.39 is 17.4 Å². The van der Waals surface area contributed by atoms with Gasteiger partial charge in [0.2, 0.25) is 0 Å².